The topological polar surface area (TPSA) is 57.7 Å². The van der Waals surface area contributed by atoms with E-state index >= 15 is 0 Å². The fourth-order valence-electron chi connectivity index (χ4n) is 3.24. The second kappa shape index (κ2) is 7.70. The van der Waals surface area contributed by atoms with Gasteiger partial charge >= 0.3 is 0 Å². The van der Waals surface area contributed by atoms with Crippen LogP contribution in [0.15, 0.2) is 36.4 Å². The molecule has 1 amide bonds. The molecule has 0 N–H and O–H groups in total. The molecule has 144 valence electrons. The Labute approximate surface area is 169 Å². The fraction of sp³-hybridized carbons (Fsp3) is 0.316. The minimum Gasteiger partial charge on any atom is -0.337 e. The molecule has 0 aromatic heterocycles. The monoisotopic (exact) mass is 426 g/mol. The van der Waals surface area contributed by atoms with E-state index in [2.05, 4.69) is 0 Å². The van der Waals surface area contributed by atoms with E-state index in [-0.39, 0.29) is 5.91 Å². The van der Waals surface area contributed by atoms with Crippen LogP contribution in [0.2, 0.25) is 10.0 Å². The number of carbonyl (C=O) groups is 1. The predicted molar refractivity (Wildman–Crippen MR) is 109 cm³/mol. The number of hydrogen-bond acceptors (Lipinski definition) is 3. The van der Waals surface area contributed by atoms with Crippen LogP contribution in [-0.4, -0.2) is 39.1 Å². The van der Waals surface area contributed by atoms with Crippen LogP contribution in [0.3, 0.4) is 0 Å². The molecule has 2 aromatic carbocycles. The first-order valence-electron chi connectivity index (χ1n) is 8.47. The van der Waals surface area contributed by atoms with Crippen LogP contribution in [-0.2, 0) is 23.0 Å². The van der Waals surface area contributed by atoms with Crippen molar-refractivity contribution in [2.45, 2.75) is 19.4 Å². The van der Waals surface area contributed by atoms with Crippen molar-refractivity contribution >= 4 is 44.8 Å². The van der Waals surface area contributed by atoms with Crippen molar-refractivity contribution in [2.24, 2.45) is 0 Å². The van der Waals surface area contributed by atoms with Gasteiger partial charge in [-0.3, -0.25) is 9.10 Å². The molecule has 8 heteroatoms. The molecular formula is C19H20Cl2N2O3S. The molecule has 1 aliphatic rings. The Balaban J connectivity index is 1.82. The highest BCUT2D eigenvalue weighted by Gasteiger charge is 2.25. The molecule has 3 rings (SSSR count). The minimum absolute atomic E-state index is 0.139. The number of fused-ring (bicyclic) bond motifs is 1. The molecule has 0 fully saturated rings. The van der Waals surface area contributed by atoms with E-state index in [1.54, 1.807) is 42.3 Å². The van der Waals surface area contributed by atoms with Crippen LogP contribution < -0.4 is 4.31 Å². The molecule has 0 unspecified atom stereocenters. The Morgan fingerprint density at radius 2 is 1.89 bits per heavy atom. The summed E-state index contributed by atoms with van der Waals surface area (Å²) in [6.45, 7) is 0.860. The first kappa shape index (κ1) is 20.0. The van der Waals surface area contributed by atoms with Gasteiger partial charge < -0.3 is 4.90 Å². The summed E-state index contributed by atoms with van der Waals surface area (Å²) in [7, 11) is -1.61. The maximum absolute atomic E-state index is 12.8. The third-order valence-electron chi connectivity index (χ3n) is 4.55. The standard InChI is InChI=1S/C19H20Cl2N2O3S/c1-22(12-13-5-7-16(20)17(21)10-13)19(24)15-6-8-18-14(11-15)4-3-9-23(18)27(2,25)26/h5-8,10-11H,3-4,9,12H2,1-2H3. The van der Waals surface area contributed by atoms with Crippen LogP contribution in [0.4, 0.5) is 5.69 Å². The van der Waals surface area contributed by atoms with Gasteiger partial charge in [0.2, 0.25) is 10.0 Å². The number of hydrogen-bond donors (Lipinski definition) is 0. The molecule has 0 saturated carbocycles. The zero-order chi connectivity index (χ0) is 19.8. The molecular weight excluding hydrogens is 407 g/mol. The first-order valence-corrected chi connectivity index (χ1v) is 11.1. The highest BCUT2D eigenvalue weighted by Crippen LogP contribution is 2.30. The minimum atomic E-state index is -3.32. The number of amides is 1. The van der Waals surface area contributed by atoms with E-state index in [1.807, 2.05) is 6.07 Å². The number of rotatable bonds is 4. The number of carbonyl (C=O) groups excluding carboxylic acids is 1. The molecule has 1 aliphatic heterocycles. The highest BCUT2D eigenvalue weighted by atomic mass is 35.5. The van der Waals surface area contributed by atoms with Crippen LogP contribution in [0.25, 0.3) is 0 Å². The molecule has 2 aromatic rings. The molecule has 0 spiro atoms. The number of sulfonamides is 1. The van der Waals surface area contributed by atoms with Gasteiger partial charge in [-0.15, -0.1) is 0 Å². The Kier molecular flexibility index (Phi) is 5.70. The van der Waals surface area contributed by atoms with Crippen LogP contribution >= 0.6 is 23.2 Å². The van der Waals surface area contributed by atoms with Gasteiger partial charge in [0.1, 0.15) is 0 Å². The summed E-state index contributed by atoms with van der Waals surface area (Å²) in [5.74, 6) is -0.139. The van der Waals surface area contributed by atoms with Gasteiger partial charge in [-0.1, -0.05) is 29.3 Å². The third kappa shape index (κ3) is 4.39. The zero-order valence-corrected chi connectivity index (χ0v) is 17.4. The number of nitrogens with zero attached hydrogens (tertiary/aromatic N) is 2. The average Bonchev–Trinajstić information content (AvgIpc) is 2.62. The van der Waals surface area contributed by atoms with Gasteiger partial charge in [0.05, 0.1) is 22.0 Å². The second-order valence-corrected chi connectivity index (χ2v) is 9.41. The van der Waals surface area contributed by atoms with E-state index < -0.39 is 10.0 Å². The summed E-state index contributed by atoms with van der Waals surface area (Å²) >= 11 is 12.0. The SMILES string of the molecule is CN(Cc1ccc(Cl)c(Cl)c1)C(=O)c1ccc2c(c1)CCCN2S(C)(=O)=O. The van der Waals surface area contributed by atoms with Crippen molar-refractivity contribution in [3.63, 3.8) is 0 Å². The Hall–Kier alpha value is -1.76. The molecule has 5 nitrogen and oxygen atoms in total. The van der Waals surface area contributed by atoms with E-state index in [0.717, 1.165) is 24.0 Å². The Morgan fingerprint density at radius 3 is 2.56 bits per heavy atom. The van der Waals surface area contributed by atoms with Crippen LogP contribution in [0, 0.1) is 0 Å². The molecule has 27 heavy (non-hydrogen) atoms. The van der Waals surface area contributed by atoms with Crippen molar-refractivity contribution in [3.05, 3.63) is 63.1 Å². The Bertz CT molecular complexity index is 992. The van der Waals surface area contributed by atoms with Crippen molar-refractivity contribution in [3.8, 4) is 0 Å². The van der Waals surface area contributed by atoms with Crippen molar-refractivity contribution in [2.75, 3.05) is 24.2 Å². The van der Waals surface area contributed by atoms with Crippen LogP contribution in [0.1, 0.15) is 27.9 Å². The molecule has 0 atom stereocenters. The maximum atomic E-state index is 12.8. The van der Waals surface area contributed by atoms with Crippen molar-refractivity contribution in [1.29, 1.82) is 0 Å². The summed E-state index contributed by atoms with van der Waals surface area (Å²) in [6, 6.07) is 10.5. The van der Waals surface area contributed by atoms with Crippen molar-refractivity contribution < 1.29 is 13.2 Å². The van der Waals surface area contributed by atoms with Crippen LogP contribution in [0.5, 0.6) is 0 Å². The lowest BCUT2D eigenvalue weighted by molar-refractivity contribution is 0.0785. The summed E-state index contributed by atoms with van der Waals surface area (Å²) < 4.78 is 25.3. The second-order valence-electron chi connectivity index (χ2n) is 6.69. The van der Waals surface area contributed by atoms with Gasteiger partial charge in [-0.05, 0) is 54.3 Å². The van der Waals surface area contributed by atoms with E-state index in [0.29, 0.717) is 34.4 Å². The lowest BCUT2D eigenvalue weighted by Crippen LogP contribution is -2.35. The molecule has 1 heterocycles. The quantitative estimate of drug-likeness (QED) is 0.742. The summed E-state index contributed by atoms with van der Waals surface area (Å²) in [5.41, 5.74) is 2.95. The summed E-state index contributed by atoms with van der Waals surface area (Å²) in [5, 5.41) is 0.921. The van der Waals surface area contributed by atoms with Gasteiger partial charge in [0.15, 0.2) is 0 Å². The number of halogens is 2. The lowest BCUT2D eigenvalue weighted by atomic mass is 10.00. The van der Waals surface area contributed by atoms with Crippen molar-refractivity contribution in [1.82, 2.24) is 4.90 Å². The lowest BCUT2D eigenvalue weighted by Gasteiger charge is -2.29. The zero-order valence-electron chi connectivity index (χ0n) is 15.1. The van der Waals surface area contributed by atoms with Gasteiger partial charge in [-0.25, -0.2) is 8.42 Å². The molecule has 0 radical (unpaired) electrons. The smallest absolute Gasteiger partial charge is 0.253 e. The van der Waals surface area contributed by atoms with E-state index in [9.17, 15) is 13.2 Å². The number of anilines is 1. The normalized spacial score (nSPS) is 14.0. The average molecular weight is 427 g/mol. The molecule has 0 saturated heterocycles. The maximum Gasteiger partial charge on any atom is 0.253 e. The van der Waals surface area contributed by atoms with Gasteiger partial charge in [0, 0.05) is 25.7 Å². The predicted octanol–water partition coefficient (Wildman–Crippen LogP) is 3.98. The summed E-state index contributed by atoms with van der Waals surface area (Å²) in [4.78, 5) is 14.4. The highest BCUT2D eigenvalue weighted by molar-refractivity contribution is 7.92. The molecule has 0 bridgehead atoms. The third-order valence-corrected chi connectivity index (χ3v) is 6.47. The van der Waals surface area contributed by atoms with Gasteiger partial charge in [-0.2, -0.15) is 0 Å². The van der Waals surface area contributed by atoms with E-state index in [1.165, 1.54) is 10.6 Å². The van der Waals surface area contributed by atoms with E-state index in [4.69, 9.17) is 23.2 Å². The number of benzene rings is 2. The molecule has 0 aliphatic carbocycles. The number of aryl methyl sites for hydroxylation is 1. The fourth-order valence-corrected chi connectivity index (χ4v) is 4.56. The largest absolute Gasteiger partial charge is 0.337 e. The first-order chi connectivity index (χ1) is 12.7. The van der Waals surface area contributed by atoms with Gasteiger partial charge in [0.25, 0.3) is 5.91 Å². The Morgan fingerprint density at radius 1 is 1.15 bits per heavy atom. The summed E-state index contributed by atoms with van der Waals surface area (Å²) in [6.07, 6.45) is 2.68.